The van der Waals surface area contributed by atoms with Crippen LogP contribution in [-0.4, -0.2) is 56.4 Å². The van der Waals surface area contributed by atoms with Crippen molar-refractivity contribution in [1.82, 2.24) is 14.9 Å². The van der Waals surface area contributed by atoms with Crippen LogP contribution in [0.25, 0.3) is 0 Å². The molecule has 0 bridgehead atoms. The lowest BCUT2D eigenvalue weighted by molar-refractivity contribution is 0.477. The van der Waals surface area contributed by atoms with Crippen LogP contribution in [0.4, 0.5) is 0 Å². The van der Waals surface area contributed by atoms with Gasteiger partial charge in [-0.25, -0.2) is 8.42 Å². The molecule has 6 nitrogen and oxygen atoms in total. The average Bonchev–Trinajstić information content (AvgIpc) is 3.18. The highest BCUT2D eigenvalue weighted by Crippen LogP contribution is 2.21. The zero-order valence-electron chi connectivity index (χ0n) is 16.5. The predicted octanol–water partition coefficient (Wildman–Crippen LogP) is 2.90. The molecule has 1 aliphatic rings. The molecule has 0 unspecified atom stereocenters. The van der Waals surface area contributed by atoms with Gasteiger partial charge in [0.2, 0.25) is 10.0 Å². The first-order valence-electron chi connectivity index (χ1n) is 8.87. The molecule has 1 heterocycles. The van der Waals surface area contributed by atoms with Crippen molar-refractivity contribution in [2.24, 2.45) is 4.99 Å². The van der Waals surface area contributed by atoms with Gasteiger partial charge in [-0.2, -0.15) is 16.1 Å². The number of nitrogens with one attached hydrogen (secondary N) is 2. The lowest BCUT2D eigenvalue weighted by Gasteiger charge is -2.23. The van der Waals surface area contributed by atoms with Gasteiger partial charge in [0.25, 0.3) is 0 Å². The summed E-state index contributed by atoms with van der Waals surface area (Å²) in [6, 6.07) is 7.10. The molecule has 2 N–H and O–H groups in total. The van der Waals surface area contributed by atoms with Crippen LogP contribution in [0.5, 0.6) is 0 Å². The molecule has 0 saturated carbocycles. The van der Waals surface area contributed by atoms with E-state index in [9.17, 15) is 8.42 Å². The second kappa shape index (κ2) is 10.9. The fourth-order valence-corrected chi connectivity index (χ4v) is 4.37. The first-order valence-corrected chi connectivity index (χ1v) is 11.5. The van der Waals surface area contributed by atoms with Gasteiger partial charge < -0.3 is 10.6 Å². The molecule has 1 aromatic rings. The monoisotopic (exact) mass is 526 g/mol. The molecular weight excluding hydrogens is 495 g/mol. The topological polar surface area (TPSA) is 73.8 Å². The molecule has 0 aromatic heterocycles. The van der Waals surface area contributed by atoms with Crippen LogP contribution in [0.3, 0.4) is 0 Å². The first-order chi connectivity index (χ1) is 12.3. The Kier molecular flexibility index (Phi) is 9.87. The SMILES string of the molecule is CN=C(NCc1ccc(S(=O)(=O)N2CCCC2)cc1)NCC(C)(C)SC.I. The smallest absolute Gasteiger partial charge is 0.243 e. The number of nitrogens with zero attached hydrogens (tertiary/aromatic N) is 2. The Balaban J connectivity index is 0.00000364. The maximum atomic E-state index is 12.5. The van der Waals surface area contributed by atoms with E-state index in [-0.39, 0.29) is 28.7 Å². The maximum Gasteiger partial charge on any atom is 0.243 e. The highest BCUT2D eigenvalue weighted by atomic mass is 127. The minimum atomic E-state index is -3.34. The Morgan fingerprint density at radius 2 is 1.78 bits per heavy atom. The van der Waals surface area contributed by atoms with Gasteiger partial charge in [-0.05, 0) is 50.6 Å². The summed E-state index contributed by atoms with van der Waals surface area (Å²) < 4.78 is 26.8. The zero-order chi connectivity index (χ0) is 19.2. The highest BCUT2D eigenvalue weighted by Gasteiger charge is 2.26. The van der Waals surface area contributed by atoms with Crippen molar-refractivity contribution in [3.8, 4) is 0 Å². The van der Waals surface area contributed by atoms with E-state index in [1.165, 1.54) is 0 Å². The first kappa shape index (κ1) is 24.5. The summed E-state index contributed by atoms with van der Waals surface area (Å²) in [6.07, 6.45) is 3.98. The summed E-state index contributed by atoms with van der Waals surface area (Å²) in [5.41, 5.74) is 1.01. The number of halogens is 1. The van der Waals surface area contributed by atoms with Crippen molar-refractivity contribution in [3.05, 3.63) is 29.8 Å². The summed E-state index contributed by atoms with van der Waals surface area (Å²) in [6.45, 7) is 7.00. The van der Waals surface area contributed by atoms with Crippen LogP contribution in [0.1, 0.15) is 32.3 Å². The second-order valence-electron chi connectivity index (χ2n) is 7.00. The van der Waals surface area contributed by atoms with Crippen LogP contribution < -0.4 is 10.6 Å². The van der Waals surface area contributed by atoms with E-state index in [0.29, 0.717) is 24.5 Å². The summed E-state index contributed by atoms with van der Waals surface area (Å²) in [5.74, 6) is 0.737. The molecule has 1 aromatic carbocycles. The number of hydrogen-bond acceptors (Lipinski definition) is 4. The van der Waals surface area contributed by atoms with Crippen molar-refractivity contribution < 1.29 is 8.42 Å². The summed E-state index contributed by atoms with van der Waals surface area (Å²) in [7, 11) is -1.60. The number of aliphatic imine (C=N–C) groups is 1. The minimum absolute atomic E-state index is 0. The zero-order valence-corrected chi connectivity index (χ0v) is 20.5. The van der Waals surface area contributed by atoms with Gasteiger partial charge in [-0.15, -0.1) is 24.0 Å². The molecule has 154 valence electrons. The Labute approximate surface area is 185 Å². The van der Waals surface area contributed by atoms with Gasteiger partial charge in [0.15, 0.2) is 5.96 Å². The lowest BCUT2D eigenvalue weighted by Crippen LogP contribution is -2.42. The molecule has 27 heavy (non-hydrogen) atoms. The summed E-state index contributed by atoms with van der Waals surface area (Å²) in [5, 5.41) is 6.58. The molecule has 1 saturated heterocycles. The molecule has 0 spiro atoms. The van der Waals surface area contributed by atoms with Crippen LogP contribution in [-0.2, 0) is 16.6 Å². The van der Waals surface area contributed by atoms with E-state index in [2.05, 4.69) is 35.7 Å². The Morgan fingerprint density at radius 3 is 2.30 bits per heavy atom. The fraction of sp³-hybridized carbons (Fsp3) is 0.611. The summed E-state index contributed by atoms with van der Waals surface area (Å²) in [4.78, 5) is 4.60. The van der Waals surface area contributed by atoms with E-state index in [1.54, 1.807) is 35.2 Å². The fourth-order valence-electron chi connectivity index (χ4n) is 2.63. The third kappa shape index (κ3) is 7.10. The number of thioether (sulfide) groups is 1. The number of sulfonamides is 1. The molecule has 0 aliphatic carbocycles. The Hall–Kier alpha value is -0.520. The number of benzene rings is 1. The van der Waals surface area contributed by atoms with Crippen LogP contribution >= 0.6 is 35.7 Å². The molecule has 9 heteroatoms. The second-order valence-corrected chi connectivity index (χ2v) is 10.4. The van der Waals surface area contributed by atoms with Gasteiger partial charge in [-0.3, -0.25) is 4.99 Å². The average molecular weight is 527 g/mol. The van der Waals surface area contributed by atoms with Gasteiger partial charge >= 0.3 is 0 Å². The molecule has 0 amide bonds. The third-order valence-corrected chi connectivity index (χ3v) is 7.71. The van der Waals surface area contributed by atoms with Crippen LogP contribution in [0, 0.1) is 0 Å². The largest absolute Gasteiger partial charge is 0.355 e. The van der Waals surface area contributed by atoms with Gasteiger partial charge in [0.1, 0.15) is 0 Å². The predicted molar refractivity (Wildman–Crippen MR) is 126 cm³/mol. The van der Waals surface area contributed by atoms with Crippen LogP contribution in [0.2, 0.25) is 0 Å². The highest BCUT2D eigenvalue weighted by molar-refractivity contribution is 14.0. The van der Waals surface area contributed by atoms with E-state index in [4.69, 9.17) is 0 Å². The molecule has 0 atom stereocenters. The van der Waals surface area contributed by atoms with Crippen molar-refractivity contribution in [3.63, 3.8) is 0 Å². The minimum Gasteiger partial charge on any atom is -0.355 e. The van der Waals surface area contributed by atoms with Gasteiger partial charge in [0.05, 0.1) is 4.90 Å². The van der Waals surface area contributed by atoms with Crippen molar-refractivity contribution in [1.29, 1.82) is 0 Å². The van der Waals surface area contributed by atoms with E-state index >= 15 is 0 Å². The molecule has 2 rings (SSSR count). The third-order valence-electron chi connectivity index (χ3n) is 4.54. The summed E-state index contributed by atoms with van der Waals surface area (Å²) >= 11 is 1.80. The Morgan fingerprint density at radius 1 is 1.19 bits per heavy atom. The van der Waals surface area contributed by atoms with Crippen LogP contribution in [0.15, 0.2) is 34.2 Å². The van der Waals surface area contributed by atoms with Crippen molar-refractivity contribution in [2.45, 2.75) is 42.9 Å². The molecule has 0 radical (unpaired) electrons. The lowest BCUT2D eigenvalue weighted by atomic mass is 10.2. The van der Waals surface area contributed by atoms with E-state index in [0.717, 1.165) is 30.9 Å². The number of hydrogen-bond donors (Lipinski definition) is 2. The molecule has 1 fully saturated rings. The van der Waals surface area contributed by atoms with Crippen molar-refractivity contribution in [2.75, 3.05) is 32.9 Å². The van der Waals surface area contributed by atoms with E-state index < -0.39 is 10.0 Å². The van der Waals surface area contributed by atoms with Gasteiger partial charge in [0, 0.05) is 38.0 Å². The molecule has 1 aliphatic heterocycles. The maximum absolute atomic E-state index is 12.5. The number of guanidine groups is 1. The van der Waals surface area contributed by atoms with Gasteiger partial charge in [-0.1, -0.05) is 12.1 Å². The van der Waals surface area contributed by atoms with E-state index in [1.807, 2.05) is 12.1 Å². The normalized spacial score (nSPS) is 16.1. The standard InChI is InChI=1S/C18H30N4O2S2.HI/c1-18(2,25-4)14-21-17(19-3)20-13-15-7-9-16(10-8-15)26(23,24)22-11-5-6-12-22;/h7-10H,5-6,11-14H2,1-4H3,(H2,19,20,21);1H. The van der Waals surface area contributed by atoms with Crippen molar-refractivity contribution >= 4 is 51.7 Å². The Bertz CT molecular complexity index is 715. The quantitative estimate of drug-likeness (QED) is 0.325. The molecular formula is C18H31IN4O2S2. The number of rotatable bonds is 7.